The molecule has 230 valence electrons. The van der Waals surface area contributed by atoms with E-state index in [2.05, 4.69) is 20.0 Å². The average Bonchev–Trinajstić information content (AvgIpc) is 3.39. The number of sulfonamides is 1. The lowest BCUT2D eigenvalue weighted by atomic mass is 10.1. The molecule has 0 aliphatic carbocycles. The number of nitrogens with one attached hydrogen (secondary N) is 1. The quantitative estimate of drug-likeness (QED) is 0.0875. The molecular weight excluding hydrogens is 601 g/mol. The Kier molecular flexibility index (Phi) is 9.07. The van der Waals surface area contributed by atoms with Crippen LogP contribution in [-0.4, -0.2) is 66.2 Å². The molecule has 4 rings (SSSR count). The first-order chi connectivity index (χ1) is 20.3. The monoisotopic (exact) mass is 626 g/mol. The Morgan fingerprint density at radius 3 is 2.40 bits per heavy atom. The van der Waals surface area contributed by atoms with Crippen molar-refractivity contribution in [1.82, 2.24) is 19.5 Å². The third-order valence-corrected chi connectivity index (χ3v) is 7.32. The van der Waals surface area contributed by atoms with Gasteiger partial charge < -0.3 is 19.5 Å². The van der Waals surface area contributed by atoms with Crippen molar-refractivity contribution >= 4 is 22.1 Å². The second-order valence-corrected chi connectivity index (χ2v) is 10.8. The molecular formula is C25H25F3N6O8S. The summed E-state index contributed by atoms with van der Waals surface area (Å²) in [6.07, 6.45) is -6.75. The van der Waals surface area contributed by atoms with Crippen molar-refractivity contribution < 1.29 is 50.5 Å². The van der Waals surface area contributed by atoms with Gasteiger partial charge in [0.1, 0.15) is 19.2 Å². The van der Waals surface area contributed by atoms with Crippen LogP contribution < -0.4 is 4.72 Å². The minimum atomic E-state index is -4.71. The van der Waals surface area contributed by atoms with Crippen LogP contribution >= 0.6 is 0 Å². The Labute approximate surface area is 242 Å². The topological polar surface area (TPSA) is 167 Å². The van der Waals surface area contributed by atoms with Crippen LogP contribution in [0.5, 0.6) is 0 Å². The predicted molar refractivity (Wildman–Crippen MR) is 139 cm³/mol. The molecule has 43 heavy (non-hydrogen) atoms. The second kappa shape index (κ2) is 12.6. The molecule has 1 saturated heterocycles. The molecule has 1 N–H and O–H groups in total. The Balaban J connectivity index is 1.37. The number of esters is 1. The van der Waals surface area contributed by atoms with Gasteiger partial charge >= 0.3 is 18.2 Å². The Morgan fingerprint density at radius 2 is 1.79 bits per heavy atom. The van der Waals surface area contributed by atoms with Gasteiger partial charge in [-0.15, -0.1) is 5.01 Å². The standard InChI is InChI=1S/C25H25F3N6O8S/c1-3-23(35)40-15-41-31-34(37)32-13-19(14-32)42-24(36)30-43(38,39)20-10-8-18(9-11-20)33-21(12-22(29-33)25(26,27)28)17-6-4-16(2)5-7-17/h4-12,19H,3,13-15H2,1-2H3,(H,30,36)/b34-31-. The summed E-state index contributed by atoms with van der Waals surface area (Å²) in [7, 11) is -4.43. The zero-order valence-corrected chi connectivity index (χ0v) is 23.5. The lowest BCUT2D eigenvalue weighted by Gasteiger charge is -2.33. The van der Waals surface area contributed by atoms with Crippen molar-refractivity contribution in [1.29, 1.82) is 0 Å². The van der Waals surface area contributed by atoms with Gasteiger partial charge in [-0.25, -0.2) is 22.6 Å². The molecule has 14 nitrogen and oxygen atoms in total. The van der Waals surface area contributed by atoms with Crippen LogP contribution in [0.2, 0.25) is 0 Å². The third kappa shape index (κ3) is 7.70. The van der Waals surface area contributed by atoms with Crippen molar-refractivity contribution in [2.24, 2.45) is 5.28 Å². The highest BCUT2D eigenvalue weighted by molar-refractivity contribution is 7.90. The summed E-state index contributed by atoms with van der Waals surface area (Å²) < 4.78 is 78.1. The second-order valence-electron chi connectivity index (χ2n) is 9.14. The van der Waals surface area contributed by atoms with Gasteiger partial charge in [0.25, 0.3) is 16.8 Å². The SMILES string of the molecule is CCC(=O)OCO/N=[N+](\[O-])N1CC(OC(=O)NS(=O)(=O)c2ccc(-n3nc(C(F)(F)F)cc3-c3ccc(C)cc3)cc2)C1. The van der Waals surface area contributed by atoms with Gasteiger partial charge in [0, 0.05) is 12.0 Å². The highest BCUT2D eigenvalue weighted by Gasteiger charge is 2.37. The van der Waals surface area contributed by atoms with E-state index in [0.717, 1.165) is 33.5 Å². The lowest BCUT2D eigenvalue weighted by Crippen LogP contribution is -2.56. The smallest absolute Gasteiger partial charge is 0.435 e. The Morgan fingerprint density at radius 1 is 1.14 bits per heavy atom. The van der Waals surface area contributed by atoms with Crippen LogP contribution in [0.1, 0.15) is 24.6 Å². The molecule has 3 aromatic rings. The van der Waals surface area contributed by atoms with Crippen molar-refractivity contribution in [3.05, 3.63) is 71.1 Å². The maximum absolute atomic E-state index is 13.4. The van der Waals surface area contributed by atoms with Gasteiger partial charge in [-0.2, -0.15) is 18.3 Å². The number of nitrogens with zero attached hydrogens (tertiary/aromatic N) is 5. The number of halogens is 3. The van der Waals surface area contributed by atoms with Crippen LogP contribution in [0.25, 0.3) is 16.9 Å². The normalized spacial score (nSPS) is 14.2. The number of carbonyl (C=O) groups excluding carboxylic acids is 2. The largest absolute Gasteiger partial charge is 0.569 e. The summed E-state index contributed by atoms with van der Waals surface area (Å²) in [4.78, 5) is 27.4. The summed E-state index contributed by atoms with van der Waals surface area (Å²) in [5, 5.41) is 19.7. The molecule has 0 atom stereocenters. The number of alkyl halides is 3. The molecule has 2 aromatic carbocycles. The van der Waals surface area contributed by atoms with Crippen LogP contribution in [0.3, 0.4) is 0 Å². The fourth-order valence-corrected chi connectivity index (χ4v) is 4.59. The molecule has 0 unspecified atom stereocenters. The van der Waals surface area contributed by atoms with Crippen molar-refractivity contribution in [2.45, 2.75) is 37.4 Å². The number of carbonyl (C=O) groups is 2. The first-order valence-corrected chi connectivity index (χ1v) is 14.0. The molecule has 1 aromatic heterocycles. The molecule has 2 heterocycles. The maximum Gasteiger partial charge on any atom is 0.435 e. The van der Waals surface area contributed by atoms with E-state index < -0.39 is 46.9 Å². The van der Waals surface area contributed by atoms with E-state index in [-0.39, 0.29) is 40.8 Å². The number of aryl methyl sites for hydroxylation is 1. The van der Waals surface area contributed by atoms with Crippen LogP contribution in [-0.2, 0) is 35.3 Å². The van der Waals surface area contributed by atoms with Gasteiger partial charge in [-0.05, 0) is 37.3 Å². The summed E-state index contributed by atoms with van der Waals surface area (Å²) in [6.45, 7) is 2.59. The molecule has 1 amide bonds. The number of hydrogen-bond donors (Lipinski definition) is 1. The van der Waals surface area contributed by atoms with Gasteiger partial charge in [0.15, 0.2) is 5.69 Å². The first-order valence-electron chi connectivity index (χ1n) is 12.6. The Bertz CT molecular complexity index is 1600. The molecule has 1 aliphatic rings. The summed E-state index contributed by atoms with van der Waals surface area (Å²) in [6, 6.07) is 12.3. The van der Waals surface area contributed by atoms with E-state index in [4.69, 9.17) is 4.74 Å². The number of benzene rings is 2. The van der Waals surface area contributed by atoms with Crippen molar-refractivity contribution in [3.8, 4) is 16.9 Å². The average molecular weight is 627 g/mol. The fourth-order valence-electron chi connectivity index (χ4n) is 3.71. The van der Waals surface area contributed by atoms with Gasteiger partial charge in [-0.3, -0.25) is 4.79 Å². The maximum atomic E-state index is 13.4. The highest BCUT2D eigenvalue weighted by atomic mass is 32.2. The number of hydrazine groups is 1. The molecule has 1 fully saturated rings. The van der Waals surface area contributed by atoms with E-state index in [1.165, 1.54) is 12.1 Å². The van der Waals surface area contributed by atoms with Gasteiger partial charge in [0.05, 0.1) is 21.2 Å². The molecule has 0 radical (unpaired) electrons. The summed E-state index contributed by atoms with van der Waals surface area (Å²) in [5.74, 6) is -0.549. The number of aromatic nitrogens is 2. The molecule has 18 heteroatoms. The van der Waals surface area contributed by atoms with E-state index in [9.17, 15) is 36.4 Å². The number of rotatable bonds is 10. The zero-order chi connectivity index (χ0) is 31.4. The molecule has 0 bridgehead atoms. The van der Waals surface area contributed by atoms with Crippen LogP contribution in [0.15, 0.2) is 64.8 Å². The van der Waals surface area contributed by atoms with Crippen molar-refractivity contribution in [2.75, 3.05) is 19.9 Å². The van der Waals surface area contributed by atoms with E-state index in [0.29, 0.717) is 5.56 Å². The molecule has 0 saturated carbocycles. The summed E-state index contributed by atoms with van der Waals surface area (Å²) in [5.41, 5.74) is 0.514. The van der Waals surface area contributed by atoms with Gasteiger partial charge in [0.2, 0.25) is 5.28 Å². The lowest BCUT2D eigenvalue weighted by molar-refractivity contribution is -0.727. The minimum absolute atomic E-state index is 0.0529. The van der Waals surface area contributed by atoms with E-state index in [1.807, 2.05) is 6.92 Å². The van der Waals surface area contributed by atoms with Crippen LogP contribution in [0, 0.1) is 12.1 Å². The predicted octanol–water partition coefficient (Wildman–Crippen LogP) is 3.69. The van der Waals surface area contributed by atoms with Gasteiger partial charge in [-0.1, -0.05) is 36.8 Å². The number of ether oxygens (including phenoxy) is 2. The van der Waals surface area contributed by atoms with Crippen LogP contribution in [0.4, 0.5) is 18.0 Å². The van der Waals surface area contributed by atoms with E-state index >= 15 is 0 Å². The molecule has 0 spiro atoms. The molecule has 1 aliphatic heterocycles. The van der Waals surface area contributed by atoms with E-state index in [1.54, 1.807) is 35.9 Å². The summed E-state index contributed by atoms with van der Waals surface area (Å²) >= 11 is 0. The first kappa shape index (κ1) is 31.1. The highest BCUT2D eigenvalue weighted by Crippen LogP contribution is 2.33. The zero-order valence-electron chi connectivity index (χ0n) is 22.6. The third-order valence-electron chi connectivity index (χ3n) is 5.99. The number of hydrogen-bond acceptors (Lipinski definition) is 10. The Hall–Kier alpha value is -4.87. The number of amides is 1. The fraction of sp³-hybridized carbons (Fsp3) is 0.320. The minimum Gasteiger partial charge on any atom is -0.569 e. The van der Waals surface area contributed by atoms with Crippen molar-refractivity contribution in [3.63, 3.8) is 0 Å².